The van der Waals surface area contributed by atoms with E-state index in [4.69, 9.17) is 0 Å². The zero-order valence-electron chi connectivity index (χ0n) is 19.9. The summed E-state index contributed by atoms with van der Waals surface area (Å²) in [6.07, 6.45) is 1.87. The van der Waals surface area contributed by atoms with Crippen molar-refractivity contribution < 1.29 is 0 Å². The number of rotatable bonds is 3. The summed E-state index contributed by atoms with van der Waals surface area (Å²) >= 11 is 1.67. The molecule has 0 N–H and O–H groups in total. The second kappa shape index (κ2) is 7.92. The first-order valence-electron chi connectivity index (χ1n) is 12.4. The number of nitrogens with zero attached hydrogens (tertiary/aromatic N) is 3. The molecule has 0 spiro atoms. The fourth-order valence-electron chi connectivity index (χ4n) is 5.71. The third-order valence-corrected chi connectivity index (χ3v) is 8.09. The Hall–Kier alpha value is -4.67. The van der Waals surface area contributed by atoms with Crippen LogP contribution in [-0.2, 0) is 0 Å². The van der Waals surface area contributed by atoms with Crippen LogP contribution in [0.2, 0.25) is 0 Å². The lowest BCUT2D eigenvalue weighted by Crippen LogP contribution is -1.96. The van der Waals surface area contributed by atoms with Crippen molar-refractivity contribution in [3.63, 3.8) is 0 Å². The van der Waals surface area contributed by atoms with Gasteiger partial charge in [-0.15, -0.1) is 11.3 Å². The number of fused-ring (bicyclic) bond motifs is 6. The average Bonchev–Trinajstić information content (AvgIpc) is 3.68. The highest BCUT2D eigenvalue weighted by molar-refractivity contribution is 7.13. The monoisotopic (exact) mass is 491 g/mol. The van der Waals surface area contributed by atoms with E-state index in [1.54, 1.807) is 11.3 Å². The fourth-order valence-corrected chi connectivity index (χ4v) is 6.34. The molecule has 3 heterocycles. The molecule has 3 nitrogen and oxygen atoms in total. The van der Waals surface area contributed by atoms with Gasteiger partial charge in [0.05, 0.1) is 22.1 Å². The first-order chi connectivity index (χ1) is 18.4. The Morgan fingerprint density at radius 2 is 1.11 bits per heavy atom. The van der Waals surface area contributed by atoms with Gasteiger partial charge in [-0.05, 0) is 48.5 Å². The summed E-state index contributed by atoms with van der Waals surface area (Å²) in [4.78, 5) is 4.55. The molecule has 0 saturated heterocycles. The molecular weight excluding hydrogens is 470 g/mol. The van der Waals surface area contributed by atoms with E-state index in [0.717, 1.165) is 16.3 Å². The van der Waals surface area contributed by atoms with E-state index in [2.05, 4.69) is 129 Å². The smallest absolute Gasteiger partial charge is 0.123 e. The Kier molecular flexibility index (Phi) is 4.39. The lowest BCUT2D eigenvalue weighted by atomic mass is 10.1. The number of benzene rings is 5. The van der Waals surface area contributed by atoms with Gasteiger partial charge in [-0.25, -0.2) is 4.98 Å². The summed E-state index contributed by atoms with van der Waals surface area (Å²) in [6.45, 7) is 0. The Labute approximate surface area is 217 Å². The van der Waals surface area contributed by atoms with Crippen molar-refractivity contribution in [3.8, 4) is 21.9 Å². The van der Waals surface area contributed by atoms with Crippen LogP contribution in [0.25, 0.3) is 65.6 Å². The summed E-state index contributed by atoms with van der Waals surface area (Å²) in [5.41, 5.74) is 8.28. The molecule has 8 aromatic rings. The summed E-state index contributed by atoms with van der Waals surface area (Å²) in [6, 6.07) is 41.6. The Morgan fingerprint density at radius 3 is 1.78 bits per heavy atom. The van der Waals surface area contributed by atoms with Gasteiger partial charge in [0.15, 0.2) is 0 Å². The van der Waals surface area contributed by atoms with Crippen LogP contribution in [-0.4, -0.2) is 14.1 Å². The largest absolute Gasteiger partial charge is 0.309 e. The van der Waals surface area contributed by atoms with Crippen LogP contribution in [0, 0.1) is 0 Å². The molecule has 174 valence electrons. The molecule has 37 heavy (non-hydrogen) atoms. The molecule has 5 aromatic carbocycles. The Bertz CT molecular complexity index is 2080. The van der Waals surface area contributed by atoms with Gasteiger partial charge in [-0.3, -0.25) is 0 Å². The quantitative estimate of drug-likeness (QED) is 0.242. The first kappa shape index (κ1) is 20.5. The molecule has 0 amide bonds. The minimum Gasteiger partial charge on any atom is -0.309 e. The van der Waals surface area contributed by atoms with Crippen LogP contribution in [0.15, 0.2) is 127 Å². The minimum atomic E-state index is 1.04. The summed E-state index contributed by atoms with van der Waals surface area (Å²) in [7, 11) is 0. The number of hydrogen-bond acceptors (Lipinski definition) is 2. The van der Waals surface area contributed by atoms with Crippen LogP contribution < -0.4 is 0 Å². The molecule has 0 saturated carbocycles. The Balaban J connectivity index is 1.52. The standard InChI is InChI=1S/C33H21N3S/c1-2-10-23(11-3-1)35-29-15-6-4-13-25(29)27-20-28-26-14-5-7-16-30(26)36(32(28)21-31(27)35)24-12-8-9-22(19-24)33-34-17-18-37-33/h1-21H. The van der Waals surface area contributed by atoms with Gasteiger partial charge in [0.25, 0.3) is 0 Å². The zero-order valence-corrected chi connectivity index (χ0v) is 20.7. The van der Waals surface area contributed by atoms with Gasteiger partial charge >= 0.3 is 0 Å². The van der Waals surface area contributed by atoms with Crippen LogP contribution in [0.5, 0.6) is 0 Å². The summed E-state index contributed by atoms with van der Waals surface area (Å²) < 4.78 is 4.78. The van der Waals surface area contributed by atoms with E-state index in [1.165, 1.54) is 49.3 Å². The predicted molar refractivity (Wildman–Crippen MR) is 156 cm³/mol. The Morgan fingerprint density at radius 1 is 0.486 bits per heavy atom. The van der Waals surface area contributed by atoms with Crippen molar-refractivity contribution >= 4 is 54.9 Å². The zero-order chi connectivity index (χ0) is 24.3. The van der Waals surface area contributed by atoms with Crippen molar-refractivity contribution in [3.05, 3.63) is 127 Å². The molecule has 0 aliphatic rings. The van der Waals surface area contributed by atoms with Crippen molar-refractivity contribution in [1.82, 2.24) is 14.1 Å². The van der Waals surface area contributed by atoms with Crippen molar-refractivity contribution in [1.29, 1.82) is 0 Å². The molecule has 0 aliphatic heterocycles. The van der Waals surface area contributed by atoms with Crippen molar-refractivity contribution in [2.45, 2.75) is 0 Å². The van der Waals surface area contributed by atoms with E-state index in [9.17, 15) is 0 Å². The minimum absolute atomic E-state index is 1.04. The second-order valence-electron chi connectivity index (χ2n) is 9.31. The maximum absolute atomic E-state index is 4.55. The molecule has 0 atom stereocenters. The van der Waals surface area contributed by atoms with Crippen LogP contribution in [0.1, 0.15) is 0 Å². The maximum atomic E-state index is 4.55. The van der Waals surface area contributed by atoms with Crippen molar-refractivity contribution in [2.75, 3.05) is 0 Å². The van der Waals surface area contributed by atoms with E-state index < -0.39 is 0 Å². The number of hydrogen-bond donors (Lipinski definition) is 0. The molecule has 8 rings (SSSR count). The topological polar surface area (TPSA) is 22.8 Å². The SMILES string of the molecule is c1ccc(-n2c3ccccc3c3cc4c5ccccc5n(-c5cccc(-c6nccs6)c5)c4cc32)cc1. The molecular formula is C33H21N3S. The van der Waals surface area contributed by atoms with Crippen LogP contribution in [0.4, 0.5) is 0 Å². The molecule has 0 unspecified atom stereocenters. The molecule has 0 radical (unpaired) electrons. The van der Waals surface area contributed by atoms with Crippen LogP contribution in [0.3, 0.4) is 0 Å². The van der Waals surface area contributed by atoms with Crippen LogP contribution >= 0.6 is 11.3 Å². The normalized spacial score (nSPS) is 11.8. The third-order valence-electron chi connectivity index (χ3n) is 7.26. The second-order valence-corrected chi connectivity index (χ2v) is 10.2. The van der Waals surface area contributed by atoms with E-state index in [1.807, 2.05) is 11.6 Å². The van der Waals surface area contributed by atoms with E-state index >= 15 is 0 Å². The third kappa shape index (κ3) is 3.03. The molecule has 0 bridgehead atoms. The van der Waals surface area contributed by atoms with Gasteiger partial charge < -0.3 is 9.13 Å². The van der Waals surface area contributed by atoms with Gasteiger partial charge in [-0.1, -0.05) is 66.7 Å². The van der Waals surface area contributed by atoms with Gasteiger partial charge in [-0.2, -0.15) is 0 Å². The lowest BCUT2D eigenvalue weighted by Gasteiger charge is -2.11. The summed E-state index contributed by atoms with van der Waals surface area (Å²) in [5.74, 6) is 0. The maximum Gasteiger partial charge on any atom is 0.123 e. The highest BCUT2D eigenvalue weighted by Gasteiger charge is 2.18. The highest BCUT2D eigenvalue weighted by atomic mass is 32.1. The van der Waals surface area contributed by atoms with Gasteiger partial charge in [0.2, 0.25) is 0 Å². The van der Waals surface area contributed by atoms with Gasteiger partial charge in [0.1, 0.15) is 5.01 Å². The first-order valence-corrected chi connectivity index (χ1v) is 13.3. The average molecular weight is 492 g/mol. The summed E-state index contributed by atoms with van der Waals surface area (Å²) in [5, 5.41) is 8.13. The highest BCUT2D eigenvalue weighted by Crippen LogP contribution is 2.39. The molecule has 3 aromatic heterocycles. The number of para-hydroxylation sites is 3. The predicted octanol–water partition coefficient (Wildman–Crippen LogP) is 9.00. The molecule has 0 aliphatic carbocycles. The fraction of sp³-hybridized carbons (Fsp3) is 0. The lowest BCUT2D eigenvalue weighted by molar-refractivity contribution is 1.16. The van der Waals surface area contributed by atoms with E-state index in [-0.39, 0.29) is 0 Å². The molecule has 0 fully saturated rings. The number of aromatic nitrogens is 3. The van der Waals surface area contributed by atoms with Crippen molar-refractivity contribution in [2.24, 2.45) is 0 Å². The van der Waals surface area contributed by atoms with Gasteiger partial charge in [0, 0.05) is 50.1 Å². The molecule has 4 heteroatoms. The van der Waals surface area contributed by atoms with E-state index in [0.29, 0.717) is 0 Å². The number of thiazole rings is 1.